The summed E-state index contributed by atoms with van der Waals surface area (Å²) in [6.07, 6.45) is 3.12. The van der Waals surface area contributed by atoms with Crippen LogP contribution in [-0.2, 0) is 10.3 Å². The zero-order chi connectivity index (χ0) is 11.8. The van der Waals surface area contributed by atoms with Gasteiger partial charge >= 0.3 is 0 Å². The van der Waals surface area contributed by atoms with E-state index >= 15 is 0 Å². The minimum Gasteiger partial charge on any atom is -0.504 e. The number of carbonyl (C=O) groups excluding carboxylic acids is 1. The fraction of sp³-hybridized carbons (Fsp3) is 0.417. The minimum absolute atomic E-state index is 0.0824. The highest BCUT2D eigenvalue weighted by molar-refractivity contribution is 5.56. The second kappa shape index (κ2) is 3.65. The summed E-state index contributed by atoms with van der Waals surface area (Å²) in [6.45, 7) is 1.88. The van der Waals surface area contributed by atoms with E-state index in [1.807, 2.05) is 13.0 Å². The van der Waals surface area contributed by atoms with Crippen molar-refractivity contribution in [1.29, 1.82) is 0 Å². The molecule has 1 fully saturated rings. The molecule has 1 aromatic carbocycles. The Labute approximate surface area is 93.6 Å². The summed E-state index contributed by atoms with van der Waals surface area (Å²) < 4.78 is 5.05. The number of phenols is 1. The molecule has 84 valence electrons. The maximum atomic E-state index is 10.4. The monoisotopic (exact) mass is 219 g/mol. The highest BCUT2D eigenvalue weighted by Crippen LogP contribution is 2.54. The molecule has 1 saturated carbocycles. The second-order valence-corrected chi connectivity index (χ2v) is 4.04. The molecule has 0 aromatic heterocycles. The van der Waals surface area contributed by atoms with Crippen LogP contribution in [-0.4, -0.2) is 18.3 Å². The van der Waals surface area contributed by atoms with Crippen molar-refractivity contribution in [3.8, 4) is 11.5 Å². The molecule has 0 bridgehead atoms. The number of ether oxygens (including phenoxy) is 1. The topological polar surface area (TPSA) is 58.9 Å². The molecule has 1 aliphatic carbocycles. The van der Waals surface area contributed by atoms with Crippen LogP contribution in [0.5, 0.6) is 11.5 Å². The van der Waals surface area contributed by atoms with Crippen molar-refractivity contribution < 1.29 is 14.6 Å². The number of aryl methyl sites for hydroxylation is 1. The maximum absolute atomic E-state index is 10.4. The fourth-order valence-corrected chi connectivity index (χ4v) is 2.05. The van der Waals surface area contributed by atoms with E-state index in [2.05, 4.69) is 4.99 Å². The van der Waals surface area contributed by atoms with Crippen LogP contribution in [0.1, 0.15) is 24.0 Å². The third-order valence-electron chi connectivity index (χ3n) is 3.02. The normalized spacial score (nSPS) is 16.4. The standard InChI is InChI=1S/C12H13NO3/c1-8-3-4-9(16-2)11(15)10(8)12(5-6-12)13-7-14/h3-4,15H,5-6H2,1-2H3. The smallest absolute Gasteiger partial charge is 0.235 e. The third-order valence-corrected chi connectivity index (χ3v) is 3.02. The van der Waals surface area contributed by atoms with Gasteiger partial charge in [-0.05, 0) is 31.4 Å². The lowest BCUT2D eigenvalue weighted by molar-refractivity contribution is 0.367. The van der Waals surface area contributed by atoms with Crippen molar-refractivity contribution in [2.75, 3.05) is 7.11 Å². The maximum Gasteiger partial charge on any atom is 0.235 e. The molecular weight excluding hydrogens is 206 g/mol. The molecule has 4 nitrogen and oxygen atoms in total. The predicted octanol–water partition coefficient (Wildman–Crippen LogP) is 2.03. The summed E-state index contributed by atoms with van der Waals surface area (Å²) in [5, 5.41) is 10.1. The largest absolute Gasteiger partial charge is 0.504 e. The number of rotatable bonds is 3. The molecule has 2 rings (SSSR count). The number of aliphatic imine (C=N–C) groups is 1. The molecule has 0 spiro atoms. The zero-order valence-electron chi connectivity index (χ0n) is 9.28. The van der Waals surface area contributed by atoms with Crippen LogP contribution >= 0.6 is 0 Å². The first-order valence-electron chi connectivity index (χ1n) is 5.11. The van der Waals surface area contributed by atoms with Gasteiger partial charge in [0.1, 0.15) is 5.54 Å². The van der Waals surface area contributed by atoms with Crippen molar-refractivity contribution in [2.24, 2.45) is 4.99 Å². The molecule has 0 unspecified atom stereocenters. The molecule has 16 heavy (non-hydrogen) atoms. The Morgan fingerprint density at radius 3 is 2.69 bits per heavy atom. The molecule has 1 aromatic rings. The molecule has 1 aliphatic rings. The van der Waals surface area contributed by atoms with Crippen LogP contribution in [0.25, 0.3) is 0 Å². The van der Waals surface area contributed by atoms with Crippen LogP contribution in [0.15, 0.2) is 17.1 Å². The van der Waals surface area contributed by atoms with E-state index in [0.717, 1.165) is 18.4 Å². The van der Waals surface area contributed by atoms with Crippen LogP contribution < -0.4 is 4.74 Å². The van der Waals surface area contributed by atoms with Gasteiger partial charge in [0.25, 0.3) is 0 Å². The summed E-state index contributed by atoms with van der Waals surface area (Å²) in [5.41, 5.74) is 1.04. The lowest BCUT2D eigenvalue weighted by Crippen LogP contribution is -2.06. The molecule has 4 heteroatoms. The second-order valence-electron chi connectivity index (χ2n) is 4.04. The number of hydrogen-bond acceptors (Lipinski definition) is 4. The average molecular weight is 219 g/mol. The van der Waals surface area contributed by atoms with E-state index in [-0.39, 0.29) is 5.75 Å². The Balaban J connectivity index is 2.60. The van der Waals surface area contributed by atoms with Gasteiger partial charge < -0.3 is 9.84 Å². The SMILES string of the molecule is COc1ccc(C)c(C2(N=C=O)CC2)c1O. The van der Waals surface area contributed by atoms with Gasteiger partial charge in [-0.1, -0.05) is 6.07 Å². The van der Waals surface area contributed by atoms with Gasteiger partial charge in [-0.15, -0.1) is 0 Å². The van der Waals surface area contributed by atoms with Gasteiger partial charge in [0.05, 0.1) is 7.11 Å². The number of benzene rings is 1. The van der Waals surface area contributed by atoms with E-state index in [1.54, 1.807) is 12.1 Å². The van der Waals surface area contributed by atoms with E-state index in [4.69, 9.17) is 4.74 Å². The van der Waals surface area contributed by atoms with E-state index in [9.17, 15) is 9.90 Å². The number of hydrogen-bond donors (Lipinski definition) is 1. The Morgan fingerprint density at radius 2 is 2.19 bits per heavy atom. The summed E-state index contributed by atoms with van der Waals surface area (Å²) in [4.78, 5) is 14.2. The Hall–Kier alpha value is -1.80. The zero-order valence-corrected chi connectivity index (χ0v) is 9.28. The van der Waals surface area contributed by atoms with Crippen LogP contribution in [0, 0.1) is 6.92 Å². The first-order chi connectivity index (χ1) is 7.64. The number of phenolic OH excluding ortho intramolecular Hbond substituents is 1. The first-order valence-corrected chi connectivity index (χ1v) is 5.11. The van der Waals surface area contributed by atoms with Crippen LogP contribution in [0.3, 0.4) is 0 Å². The lowest BCUT2D eigenvalue weighted by Gasteiger charge is -2.16. The van der Waals surface area contributed by atoms with Crippen LogP contribution in [0.4, 0.5) is 0 Å². The Kier molecular flexibility index (Phi) is 2.44. The van der Waals surface area contributed by atoms with Gasteiger partial charge in [0.2, 0.25) is 6.08 Å². The third kappa shape index (κ3) is 1.48. The predicted molar refractivity (Wildman–Crippen MR) is 58.4 cm³/mol. The van der Waals surface area contributed by atoms with E-state index in [0.29, 0.717) is 11.3 Å². The number of nitrogens with zero attached hydrogens (tertiary/aromatic N) is 1. The Bertz CT molecular complexity index is 471. The highest BCUT2D eigenvalue weighted by Gasteiger charge is 2.48. The van der Waals surface area contributed by atoms with E-state index < -0.39 is 5.54 Å². The summed E-state index contributed by atoms with van der Waals surface area (Å²) >= 11 is 0. The fourth-order valence-electron chi connectivity index (χ4n) is 2.05. The lowest BCUT2D eigenvalue weighted by atomic mass is 9.98. The number of aromatic hydroxyl groups is 1. The van der Waals surface area contributed by atoms with Gasteiger partial charge in [-0.3, -0.25) is 0 Å². The number of methoxy groups -OCH3 is 1. The van der Waals surface area contributed by atoms with Crippen molar-refractivity contribution in [3.63, 3.8) is 0 Å². The quantitative estimate of drug-likeness (QED) is 0.625. The summed E-state index contributed by atoms with van der Waals surface area (Å²) in [5.74, 6) is 0.493. The summed E-state index contributed by atoms with van der Waals surface area (Å²) in [6, 6.07) is 3.56. The Morgan fingerprint density at radius 1 is 1.50 bits per heavy atom. The van der Waals surface area contributed by atoms with Crippen molar-refractivity contribution in [2.45, 2.75) is 25.3 Å². The molecule has 0 atom stereocenters. The molecular formula is C12H13NO3. The first kappa shape index (κ1) is 10.7. The van der Waals surface area contributed by atoms with Crippen molar-refractivity contribution in [1.82, 2.24) is 0 Å². The molecule has 0 amide bonds. The van der Waals surface area contributed by atoms with Gasteiger partial charge in [-0.25, -0.2) is 4.79 Å². The molecule has 0 saturated heterocycles. The van der Waals surface area contributed by atoms with E-state index in [1.165, 1.54) is 7.11 Å². The molecule has 0 heterocycles. The molecule has 0 radical (unpaired) electrons. The van der Waals surface area contributed by atoms with Crippen molar-refractivity contribution in [3.05, 3.63) is 23.3 Å². The van der Waals surface area contributed by atoms with Gasteiger partial charge in [0.15, 0.2) is 11.5 Å². The number of isocyanates is 1. The highest BCUT2D eigenvalue weighted by atomic mass is 16.5. The van der Waals surface area contributed by atoms with Gasteiger partial charge in [0, 0.05) is 5.56 Å². The van der Waals surface area contributed by atoms with Crippen molar-refractivity contribution >= 4 is 6.08 Å². The van der Waals surface area contributed by atoms with Gasteiger partial charge in [-0.2, -0.15) is 4.99 Å². The van der Waals surface area contributed by atoms with Crippen LogP contribution in [0.2, 0.25) is 0 Å². The molecule has 0 aliphatic heterocycles. The minimum atomic E-state index is -0.565. The molecule has 1 N–H and O–H groups in total. The average Bonchev–Trinajstić information content (AvgIpc) is 2.99. The summed E-state index contributed by atoms with van der Waals surface area (Å²) in [7, 11) is 1.50.